The Balaban J connectivity index is 1.90. The second-order valence-corrected chi connectivity index (χ2v) is 8.30. The first kappa shape index (κ1) is 25.3. The van der Waals surface area contributed by atoms with Crippen molar-refractivity contribution in [3.05, 3.63) is 87.7 Å². The van der Waals surface area contributed by atoms with E-state index in [0.717, 1.165) is 17.0 Å². The number of methoxy groups -OCH3 is 1. The highest BCUT2D eigenvalue weighted by atomic mass is 35.5. The van der Waals surface area contributed by atoms with Gasteiger partial charge >= 0.3 is 6.36 Å². The van der Waals surface area contributed by atoms with Crippen LogP contribution < -0.4 is 14.4 Å². The van der Waals surface area contributed by atoms with E-state index in [2.05, 4.69) is 9.72 Å². The van der Waals surface area contributed by atoms with Crippen LogP contribution in [0.2, 0.25) is 10.0 Å². The van der Waals surface area contributed by atoms with Gasteiger partial charge in [0, 0.05) is 23.1 Å². The molecule has 1 aliphatic rings. The lowest BCUT2D eigenvalue weighted by molar-refractivity contribution is -0.274. The largest absolute Gasteiger partial charge is 0.573 e. The van der Waals surface area contributed by atoms with Gasteiger partial charge in [0.1, 0.15) is 17.3 Å². The van der Waals surface area contributed by atoms with Gasteiger partial charge in [0.2, 0.25) is 0 Å². The summed E-state index contributed by atoms with van der Waals surface area (Å²) >= 11 is 12.3. The molecular weight excluding hydrogens is 524 g/mol. The van der Waals surface area contributed by atoms with Gasteiger partial charge < -0.3 is 14.6 Å². The summed E-state index contributed by atoms with van der Waals surface area (Å²) in [6.07, 6.45) is -2.06. The number of hydrogen-bond donors (Lipinski definition) is 1. The van der Waals surface area contributed by atoms with E-state index in [-0.39, 0.29) is 32.6 Å². The Hall–Kier alpha value is -3.76. The van der Waals surface area contributed by atoms with E-state index in [4.69, 9.17) is 27.9 Å². The smallest absolute Gasteiger partial charge is 0.507 e. The standard InChI is InChI=1S/C24H15Cl2F3N2O5/c1-35-22-16(10-13(25)11-17(22)26)20(32)18-19(12-6-8-30-9-7-12)31(23(34)21(18)33)14-2-4-15(5-3-14)36-24(27,28)29/h2-11,19,32H,1H3/b20-18+. The lowest BCUT2D eigenvalue weighted by Crippen LogP contribution is -2.29. The highest BCUT2D eigenvalue weighted by molar-refractivity contribution is 6.51. The number of anilines is 1. The number of amides is 1. The lowest BCUT2D eigenvalue weighted by atomic mass is 9.95. The number of aliphatic hydroxyl groups is 1. The fraction of sp³-hybridized carbons (Fsp3) is 0.125. The maximum Gasteiger partial charge on any atom is 0.573 e. The summed E-state index contributed by atoms with van der Waals surface area (Å²) in [4.78, 5) is 31.4. The molecule has 1 saturated heterocycles. The van der Waals surface area contributed by atoms with E-state index in [1.807, 2.05) is 0 Å². The lowest BCUT2D eigenvalue weighted by Gasteiger charge is -2.25. The summed E-state index contributed by atoms with van der Waals surface area (Å²) in [6, 6.07) is 8.99. The number of ether oxygens (including phenoxy) is 2. The van der Waals surface area contributed by atoms with Crippen molar-refractivity contribution in [3.63, 3.8) is 0 Å². The van der Waals surface area contributed by atoms with Gasteiger partial charge in [-0.25, -0.2) is 0 Å². The number of alkyl halides is 3. The number of benzene rings is 2. The fourth-order valence-corrected chi connectivity index (χ4v) is 4.43. The van der Waals surface area contributed by atoms with Gasteiger partial charge in [-0.2, -0.15) is 0 Å². The highest BCUT2D eigenvalue weighted by Crippen LogP contribution is 2.45. The molecule has 2 aromatic carbocycles. The highest BCUT2D eigenvalue weighted by Gasteiger charge is 2.47. The minimum atomic E-state index is -4.90. The summed E-state index contributed by atoms with van der Waals surface area (Å²) < 4.78 is 46.8. The number of halogens is 5. The van der Waals surface area contributed by atoms with E-state index in [9.17, 15) is 27.9 Å². The molecule has 1 fully saturated rings. The maximum atomic E-state index is 13.2. The Kier molecular flexibility index (Phi) is 6.83. The molecule has 1 aliphatic heterocycles. The van der Waals surface area contributed by atoms with Crippen LogP contribution in [0.1, 0.15) is 17.2 Å². The molecular formula is C24H15Cl2F3N2O5. The van der Waals surface area contributed by atoms with Gasteiger partial charge in [0.05, 0.1) is 29.3 Å². The van der Waals surface area contributed by atoms with Crippen LogP contribution in [0.3, 0.4) is 0 Å². The molecule has 36 heavy (non-hydrogen) atoms. The van der Waals surface area contributed by atoms with Crippen LogP contribution in [-0.2, 0) is 9.59 Å². The van der Waals surface area contributed by atoms with E-state index in [1.54, 1.807) is 0 Å². The van der Waals surface area contributed by atoms with Crippen LogP contribution in [0.15, 0.2) is 66.5 Å². The van der Waals surface area contributed by atoms with Crippen LogP contribution in [-0.4, -0.2) is 35.3 Å². The van der Waals surface area contributed by atoms with Crippen LogP contribution in [0.4, 0.5) is 18.9 Å². The molecule has 1 atom stereocenters. The van der Waals surface area contributed by atoms with Gasteiger partial charge in [-0.05, 0) is 54.1 Å². The number of nitrogens with zero attached hydrogens (tertiary/aromatic N) is 2. The third kappa shape index (κ3) is 4.82. The Morgan fingerprint density at radius 2 is 1.69 bits per heavy atom. The van der Waals surface area contributed by atoms with Crippen molar-refractivity contribution in [3.8, 4) is 11.5 Å². The second kappa shape index (κ2) is 9.71. The van der Waals surface area contributed by atoms with E-state index >= 15 is 0 Å². The summed E-state index contributed by atoms with van der Waals surface area (Å²) in [6.45, 7) is 0. The zero-order chi connectivity index (χ0) is 26.2. The van der Waals surface area contributed by atoms with E-state index < -0.39 is 35.6 Å². The summed E-state index contributed by atoms with van der Waals surface area (Å²) in [7, 11) is 1.30. The molecule has 7 nitrogen and oxygen atoms in total. The first-order chi connectivity index (χ1) is 17.0. The minimum absolute atomic E-state index is 0.0203. The fourth-order valence-electron chi connectivity index (χ4n) is 3.86. The van der Waals surface area contributed by atoms with Gasteiger partial charge in [0.15, 0.2) is 0 Å². The number of aliphatic hydroxyl groups excluding tert-OH is 1. The van der Waals surface area contributed by atoms with Crippen molar-refractivity contribution < 1.29 is 37.3 Å². The first-order valence-corrected chi connectivity index (χ1v) is 10.9. The molecule has 4 rings (SSSR count). The van der Waals surface area contributed by atoms with Gasteiger partial charge in [-0.15, -0.1) is 13.2 Å². The molecule has 0 aliphatic carbocycles. The number of carbonyl (C=O) groups is 2. The average Bonchev–Trinajstić information content (AvgIpc) is 3.09. The van der Waals surface area contributed by atoms with Crippen molar-refractivity contribution in [2.75, 3.05) is 12.0 Å². The zero-order valence-corrected chi connectivity index (χ0v) is 19.7. The van der Waals surface area contributed by atoms with Crippen molar-refractivity contribution >= 4 is 46.3 Å². The van der Waals surface area contributed by atoms with E-state index in [0.29, 0.717) is 5.56 Å². The zero-order valence-electron chi connectivity index (χ0n) is 18.2. The summed E-state index contributed by atoms with van der Waals surface area (Å²) in [5.74, 6) is -3.15. The Bertz CT molecular complexity index is 1360. The summed E-state index contributed by atoms with van der Waals surface area (Å²) in [5.41, 5.74) is 0.150. The third-order valence-corrected chi connectivity index (χ3v) is 5.78. The third-order valence-electron chi connectivity index (χ3n) is 5.28. The number of hydrogen-bond acceptors (Lipinski definition) is 6. The predicted molar refractivity (Wildman–Crippen MR) is 125 cm³/mol. The van der Waals surface area contributed by atoms with Crippen molar-refractivity contribution in [2.45, 2.75) is 12.4 Å². The number of rotatable bonds is 5. The van der Waals surface area contributed by atoms with Crippen LogP contribution in [0, 0.1) is 0 Å². The molecule has 186 valence electrons. The van der Waals surface area contributed by atoms with Crippen LogP contribution in [0.5, 0.6) is 11.5 Å². The monoisotopic (exact) mass is 538 g/mol. The second-order valence-electron chi connectivity index (χ2n) is 7.46. The molecule has 1 N–H and O–H groups in total. The molecule has 0 spiro atoms. The Morgan fingerprint density at radius 1 is 1.06 bits per heavy atom. The molecule has 12 heteroatoms. The molecule has 1 unspecified atom stereocenters. The number of aromatic nitrogens is 1. The average molecular weight is 539 g/mol. The Morgan fingerprint density at radius 3 is 2.28 bits per heavy atom. The first-order valence-electron chi connectivity index (χ1n) is 10.1. The van der Waals surface area contributed by atoms with Crippen LogP contribution in [0.25, 0.3) is 5.76 Å². The number of Topliss-reactive ketones (excluding diaryl/α,β-unsaturated/α-hetero) is 1. The normalized spacial score (nSPS) is 17.4. The topological polar surface area (TPSA) is 89.0 Å². The van der Waals surface area contributed by atoms with Gasteiger partial charge in [0.25, 0.3) is 11.7 Å². The molecule has 0 bridgehead atoms. The van der Waals surface area contributed by atoms with Crippen molar-refractivity contribution in [1.29, 1.82) is 0 Å². The molecule has 2 heterocycles. The summed E-state index contributed by atoms with van der Waals surface area (Å²) in [5, 5.41) is 11.5. The van der Waals surface area contributed by atoms with Crippen molar-refractivity contribution in [2.24, 2.45) is 0 Å². The SMILES string of the molecule is COc1c(Cl)cc(Cl)cc1/C(O)=C1\C(=O)C(=O)N(c2ccc(OC(F)(F)F)cc2)C1c1ccncc1. The maximum absolute atomic E-state index is 13.2. The predicted octanol–water partition coefficient (Wildman–Crippen LogP) is 5.92. The quantitative estimate of drug-likeness (QED) is 0.246. The molecule has 0 radical (unpaired) electrons. The molecule has 3 aromatic rings. The van der Waals surface area contributed by atoms with Gasteiger partial charge in [-0.3, -0.25) is 19.5 Å². The number of carbonyl (C=O) groups excluding carboxylic acids is 2. The minimum Gasteiger partial charge on any atom is -0.507 e. The number of pyridine rings is 1. The van der Waals surface area contributed by atoms with Crippen molar-refractivity contribution in [1.82, 2.24) is 4.98 Å². The Labute approximate surface area is 212 Å². The van der Waals surface area contributed by atoms with E-state index in [1.165, 1.54) is 55.9 Å². The molecule has 1 amide bonds. The molecule has 0 saturated carbocycles. The van der Waals surface area contributed by atoms with Crippen LogP contribution >= 0.6 is 23.2 Å². The molecule has 1 aromatic heterocycles. The van der Waals surface area contributed by atoms with Gasteiger partial charge in [-0.1, -0.05) is 23.2 Å². The number of ketones is 1.